The van der Waals surface area contributed by atoms with Gasteiger partial charge in [0.15, 0.2) is 0 Å². The molecule has 0 unspecified atom stereocenters. The molecule has 1 aliphatic rings. The second kappa shape index (κ2) is 7.71. The van der Waals surface area contributed by atoms with Gasteiger partial charge in [0.1, 0.15) is 5.82 Å². The lowest BCUT2D eigenvalue weighted by Crippen LogP contribution is -2.36. The average Bonchev–Trinajstić information content (AvgIpc) is 2.30. The predicted octanol–water partition coefficient (Wildman–Crippen LogP) is 2.10. The summed E-state index contributed by atoms with van der Waals surface area (Å²) in [6, 6.07) is 6.07. The van der Waals surface area contributed by atoms with Crippen molar-refractivity contribution in [3.63, 3.8) is 0 Å². The molecule has 0 bridgehead atoms. The van der Waals surface area contributed by atoms with Crippen molar-refractivity contribution in [3.8, 4) is 0 Å². The number of halogens is 2. The van der Waals surface area contributed by atoms with Crippen LogP contribution in [0.5, 0.6) is 0 Å². The van der Waals surface area contributed by atoms with Gasteiger partial charge in [0, 0.05) is 19.3 Å². The lowest BCUT2D eigenvalue weighted by Gasteiger charge is -2.32. The Bertz CT molecular complexity index is 274. The summed E-state index contributed by atoms with van der Waals surface area (Å²) in [4.78, 5) is 6.69. The topological polar surface area (TPSA) is 42.1 Å². The maximum Gasteiger partial charge on any atom is 0.128 e. The van der Waals surface area contributed by atoms with E-state index in [4.69, 9.17) is 5.73 Å². The molecule has 0 aromatic carbocycles. The van der Waals surface area contributed by atoms with Crippen molar-refractivity contribution in [2.75, 3.05) is 24.5 Å². The fraction of sp³-hybridized carbons (Fsp3) is 0.545. The molecule has 2 rings (SSSR count). The lowest BCUT2D eigenvalue weighted by atomic mass is 9.97. The summed E-state index contributed by atoms with van der Waals surface area (Å²) in [6.07, 6.45) is 4.25. The van der Waals surface area contributed by atoms with Crippen molar-refractivity contribution < 1.29 is 0 Å². The Kier molecular flexibility index (Phi) is 7.47. The highest BCUT2D eigenvalue weighted by molar-refractivity contribution is 5.85. The maximum atomic E-state index is 5.65. The zero-order valence-corrected chi connectivity index (χ0v) is 10.8. The van der Waals surface area contributed by atoms with Gasteiger partial charge in [0.25, 0.3) is 0 Å². The Balaban J connectivity index is 0.00000112. The lowest BCUT2D eigenvalue weighted by molar-refractivity contribution is 0.413. The number of aromatic nitrogens is 1. The van der Waals surface area contributed by atoms with Gasteiger partial charge in [-0.3, -0.25) is 0 Å². The van der Waals surface area contributed by atoms with Crippen LogP contribution in [0, 0.1) is 5.92 Å². The summed E-state index contributed by atoms with van der Waals surface area (Å²) < 4.78 is 0. The van der Waals surface area contributed by atoms with Crippen molar-refractivity contribution in [2.45, 2.75) is 12.8 Å². The van der Waals surface area contributed by atoms with Crippen LogP contribution in [-0.2, 0) is 0 Å². The number of anilines is 1. The average molecular weight is 264 g/mol. The Labute approximate surface area is 109 Å². The van der Waals surface area contributed by atoms with Gasteiger partial charge in [-0.2, -0.15) is 0 Å². The minimum Gasteiger partial charge on any atom is -0.357 e. The summed E-state index contributed by atoms with van der Waals surface area (Å²) in [6.45, 7) is 3.02. The number of hydrogen-bond acceptors (Lipinski definition) is 3. The SMILES string of the molecule is Cl.Cl.NCC1CCN(c2ccccn2)CC1. The first-order valence-corrected chi connectivity index (χ1v) is 5.26. The molecular weight excluding hydrogens is 245 g/mol. The fourth-order valence-corrected chi connectivity index (χ4v) is 1.94. The molecule has 2 heterocycles. The molecule has 0 aliphatic carbocycles. The molecule has 16 heavy (non-hydrogen) atoms. The van der Waals surface area contributed by atoms with Gasteiger partial charge in [-0.25, -0.2) is 4.98 Å². The van der Waals surface area contributed by atoms with Crippen molar-refractivity contribution in [3.05, 3.63) is 24.4 Å². The first-order chi connectivity index (χ1) is 6.90. The van der Waals surface area contributed by atoms with Crippen molar-refractivity contribution in [1.82, 2.24) is 4.98 Å². The summed E-state index contributed by atoms with van der Waals surface area (Å²) in [7, 11) is 0. The molecule has 1 fully saturated rings. The number of nitrogens with zero attached hydrogens (tertiary/aromatic N) is 2. The second-order valence-corrected chi connectivity index (χ2v) is 3.85. The van der Waals surface area contributed by atoms with Crippen molar-refractivity contribution >= 4 is 30.6 Å². The molecule has 0 saturated carbocycles. The summed E-state index contributed by atoms with van der Waals surface area (Å²) in [5.41, 5.74) is 5.65. The van der Waals surface area contributed by atoms with Crippen LogP contribution < -0.4 is 10.6 Å². The summed E-state index contributed by atoms with van der Waals surface area (Å²) in [5, 5.41) is 0. The zero-order chi connectivity index (χ0) is 9.80. The Morgan fingerprint density at radius 2 is 1.94 bits per heavy atom. The molecule has 1 saturated heterocycles. The molecule has 1 aliphatic heterocycles. The van der Waals surface area contributed by atoms with E-state index < -0.39 is 0 Å². The third kappa shape index (κ3) is 3.81. The molecular formula is C11H19Cl2N3. The van der Waals surface area contributed by atoms with E-state index >= 15 is 0 Å². The Morgan fingerprint density at radius 3 is 2.44 bits per heavy atom. The van der Waals surface area contributed by atoms with Crippen molar-refractivity contribution in [2.24, 2.45) is 11.7 Å². The van der Waals surface area contributed by atoms with E-state index in [1.165, 1.54) is 12.8 Å². The minimum atomic E-state index is 0. The molecule has 3 nitrogen and oxygen atoms in total. The van der Waals surface area contributed by atoms with Crippen molar-refractivity contribution in [1.29, 1.82) is 0 Å². The molecule has 0 radical (unpaired) electrons. The van der Waals surface area contributed by atoms with Gasteiger partial charge in [-0.15, -0.1) is 24.8 Å². The second-order valence-electron chi connectivity index (χ2n) is 3.85. The van der Waals surface area contributed by atoms with E-state index in [0.29, 0.717) is 0 Å². The van der Waals surface area contributed by atoms with E-state index in [2.05, 4.69) is 16.0 Å². The van der Waals surface area contributed by atoms with E-state index in [9.17, 15) is 0 Å². The van der Waals surface area contributed by atoms with Crippen LogP contribution in [-0.4, -0.2) is 24.6 Å². The maximum absolute atomic E-state index is 5.65. The predicted molar refractivity (Wildman–Crippen MR) is 72.7 cm³/mol. The third-order valence-corrected chi connectivity index (χ3v) is 2.92. The monoisotopic (exact) mass is 263 g/mol. The van der Waals surface area contributed by atoms with Gasteiger partial charge in [-0.1, -0.05) is 6.07 Å². The molecule has 1 aromatic rings. The number of rotatable bonds is 2. The number of piperidine rings is 1. The van der Waals surface area contributed by atoms with Crippen LogP contribution in [0.2, 0.25) is 0 Å². The van der Waals surface area contributed by atoms with Crippen LogP contribution >= 0.6 is 24.8 Å². The quantitative estimate of drug-likeness (QED) is 0.889. The third-order valence-electron chi connectivity index (χ3n) is 2.92. The Morgan fingerprint density at radius 1 is 1.25 bits per heavy atom. The fourth-order valence-electron chi connectivity index (χ4n) is 1.94. The number of hydrogen-bond donors (Lipinski definition) is 1. The largest absolute Gasteiger partial charge is 0.357 e. The van der Waals surface area contributed by atoms with Crippen LogP contribution in [0.3, 0.4) is 0 Å². The Hall–Kier alpha value is -0.510. The summed E-state index contributed by atoms with van der Waals surface area (Å²) >= 11 is 0. The minimum absolute atomic E-state index is 0. The molecule has 92 valence electrons. The molecule has 0 spiro atoms. The van der Waals surface area contributed by atoms with Gasteiger partial charge in [0.2, 0.25) is 0 Å². The number of pyridine rings is 1. The number of nitrogens with two attached hydrogens (primary N) is 1. The van der Waals surface area contributed by atoms with Gasteiger partial charge in [-0.05, 0) is 37.4 Å². The summed E-state index contributed by atoms with van der Waals surface area (Å²) in [5.74, 6) is 1.82. The van der Waals surface area contributed by atoms with Crippen LogP contribution in [0.1, 0.15) is 12.8 Å². The molecule has 2 N–H and O–H groups in total. The molecule has 0 amide bonds. The first-order valence-electron chi connectivity index (χ1n) is 5.26. The molecule has 1 aromatic heterocycles. The van der Waals surface area contributed by atoms with E-state index in [-0.39, 0.29) is 24.8 Å². The first kappa shape index (κ1) is 15.5. The smallest absolute Gasteiger partial charge is 0.128 e. The molecule has 0 atom stereocenters. The van der Waals surface area contributed by atoms with Crippen LogP contribution in [0.4, 0.5) is 5.82 Å². The highest BCUT2D eigenvalue weighted by Crippen LogP contribution is 2.20. The van der Waals surface area contributed by atoms with Crippen LogP contribution in [0.15, 0.2) is 24.4 Å². The van der Waals surface area contributed by atoms with Gasteiger partial charge < -0.3 is 10.6 Å². The van der Waals surface area contributed by atoms with Gasteiger partial charge >= 0.3 is 0 Å². The van der Waals surface area contributed by atoms with Crippen LogP contribution in [0.25, 0.3) is 0 Å². The normalized spacial score (nSPS) is 16.2. The standard InChI is InChI=1S/C11H17N3.2ClH/c12-9-10-4-7-14(8-5-10)11-3-1-2-6-13-11;;/h1-3,6,10H,4-5,7-9,12H2;2*1H. The van der Waals surface area contributed by atoms with E-state index in [0.717, 1.165) is 31.4 Å². The highest BCUT2D eigenvalue weighted by atomic mass is 35.5. The van der Waals surface area contributed by atoms with E-state index in [1.54, 1.807) is 0 Å². The zero-order valence-electron chi connectivity index (χ0n) is 9.21. The molecule has 5 heteroatoms. The van der Waals surface area contributed by atoms with E-state index in [1.807, 2.05) is 18.3 Å². The highest BCUT2D eigenvalue weighted by Gasteiger charge is 2.18. The van der Waals surface area contributed by atoms with Gasteiger partial charge in [0.05, 0.1) is 0 Å².